The molecule has 40 heavy (non-hydrogen) atoms. The Labute approximate surface area is 230 Å². The molecule has 4 unspecified atom stereocenters. The second-order valence-electron chi connectivity index (χ2n) is 9.15. The van der Waals surface area contributed by atoms with Crippen molar-refractivity contribution in [2.24, 2.45) is 11.5 Å². The summed E-state index contributed by atoms with van der Waals surface area (Å²) in [7, 11) is 0. The Morgan fingerprint density at radius 3 is 1.73 bits per heavy atom. The van der Waals surface area contributed by atoms with Gasteiger partial charge in [0.05, 0.1) is 6.04 Å². The molecule has 1 aromatic rings. The number of phenolic OH excluding ortho intramolecular Hbond substituents is 1. The molecule has 0 aliphatic heterocycles. The van der Waals surface area contributed by atoms with Gasteiger partial charge >= 0.3 is 17.9 Å². The molecule has 0 heterocycles. The monoisotopic (exact) mass is 567 g/mol. The van der Waals surface area contributed by atoms with E-state index in [2.05, 4.69) is 16.0 Å². The maximum absolute atomic E-state index is 13.1. The van der Waals surface area contributed by atoms with Crippen LogP contribution in [0.25, 0.3) is 0 Å². The van der Waals surface area contributed by atoms with Gasteiger partial charge in [-0.05, 0) is 56.3 Å². The summed E-state index contributed by atoms with van der Waals surface area (Å²) in [6.07, 6.45) is -0.665. The van der Waals surface area contributed by atoms with E-state index in [-0.39, 0.29) is 31.4 Å². The van der Waals surface area contributed by atoms with Crippen LogP contribution in [0.5, 0.6) is 5.75 Å². The van der Waals surface area contributed by atoms with Crippen LogP contribution in [0.2, 0.25) is 0 Å². The Balaban J connectivity index is 3.04. The minimum atomic E-state index is -1.42. The zero-order valence-electron chi connectivity index (χ0n) is 21.9. The zero-order chi connectivity index (χ0) is 30.2. The molecule has 0 radical (unpaired) electrons. The third kappa shape index (κ3) is 13.0. The first-order chi connectivity index (χ1) is 18.8. The normalized spacial score (nSPS) is 13.8. The number of rotatable bonds is 19. The molecule has 0 saturated carbocycles. The van der Waals surface area contributed by atoms with Crippen molar-refractivity contribution in [1.82, 2.24) is 16.0 Å². The molecule has 0 aromatic heterocycles. The highest BCUT2D eigenvalue weighted by Crippen LogP contribution is 2.12. The van der Waals surface area contributed by atoms with Crippen LogP contribution in [-0.4, -0.2) is 86.8 Å². The number of amides is 3. The van der Waals surface area contributed by atoms with Crippen LogP contribution in [0.4, 0.5) is 0 Å². The van der Waals surface area contributed by atoms with E-state index in [0.717, 1.165) is 0 Å². The number of nitrogens with one attached hydrogen (secondary N) is 3. The van der Waals surface area contributed by atoms with Crippen molar-refractivity contribution < 1.29 is 49.2 Å². The molecule has 222 valence electrons. The molecule has 4 atom stereocenters. The number of aliphatic carboxylic acids is 3. The molecule has 0 bridgehead atoms. The molecule has 1 aromatic carbocycles. The lowest BCUT2D eigenvalue weighted by Gasteiger charge is -2.25. The first kappa shape index (κ1) is 33.8. The Hall–Kier alpha value is -4.24. The topological polar surface area (TPSA) is 271 Å². The van der Waals surface area contributed by atoms with Crippen molar-refractivity contribution in [3.8, 4) is 5.75 Å². The highest BCUT2D eigenvalue weighted by molar-refractivity contribution is 5.94. The number of phenols is 1. The Morgan fingerprint density at radius 1 is 0.700 bits per heavy atom. The first-order valence-corrected chi connectivity index (χ1v) is 12.6. The van der Waals surface area contributed by atoms with Crippen molar-refractivity contribution in [2.45, 2.75) is 75.5 Å². The maximum atomic E-state index is 13.1. The molecule has 3 amide bonds. The summed E-state index contributed by atoms with van der Waals surface area (Å²) in [6, 6.07) is 0.402. The smallest absolute Gasteiger partial charge is 0.326 e. The summed E-state index contributed by atoms with van der Waals surface area (Å²) < 4.78 is 0. The van der Waals surface area contributed by atoms with Gasteiger partial charge in [-0.25, -0.2) is 4.79 Å². The third-order valence-corrected chi connectivity index (χ3v) is 5.86. The lowest BCUT2D eigenvalue weighted by atomic mass is 10.0. The molecule has 1 rings (SSSR count). The highest BCUT2D eigenvalue weighted by atomic mass is 16.4. The fourth-order valence-corrected chi connectivity index (χ4v) is 3.60. The van der Waals surface area contributed by atoms with Gasteiger partial charge in [-0.15, -0.1) is 0 Å². The van der Waals surface area contributed by atoms with Gasteiger partial charge in [0.1, 0.15) is 23.9 Å². The Morgan fingerprint density at radius 2 is 1.20 bits per heavy atom. The number of hydrogen-bond acceptors (Lipinski definition) is 9. The Kier molecular flexibility index (Phi) is 14.7. The van der Waals surface area contributed by atoms with Crippen LogP contribution >= 0.6 is 0 Å². The van der Waals surface area contributed by atoms with E-state index in [9.17, 15) is 39.0 Å². The van der Waals surface area contributed by atoms with E-state index in [1.54, 1.807) is 0 Å². The fourth-order valence-electron chi connectivity index (χ4n) is 3.60. The van der Waals surface area contributed by atoms with Gasteiger partial charge in [0.2, 0.25) is 17.7 Å². The van der Waals surface area contributed by atoms with Gasteiger partial charge in [0.25, 0.3) is 0 Å². The molecule has 0 spiro atoms. The van der Waals surface area contributed by atoms with Crippen molar-refractivity contribution in [2.75, 3.05) is 6.54 Å². The molecular weight excluding hydrogens is 530 g/mol. The summed E-state index contributed by atoms with van der Waals surface area (Å²) in [6.45, 7) is 0.298. The number of carboxylic acids is 3. The van der Waals surface area contributed by atoms with Crippen molar-refractivity contribution in [1.29, 1.82) is 0 Å². The van der Waals surface area contributed by atoms with Crippen LogP contribution in [-0.2, 0) is 35.2 Å². The zero-order valence-corrected chi connectivity index (χ0v) is 21.9. The summed E-state index contributed by atoms with van der Waals surface area (Å²) >= 11 is 0. The molecule has 0 aliphatic rings. The second kappa shape index (κ2) is 17.4. The molecule has 15 heteroatoms. The van der Waals surface area contributed by atoms with Crippen molar-refractivity contribution in [3.05, 3.63) is 29.8 Å². The van der Waals surface area contributed by atoms with Gasteiger partial charge in [-0.1, -0.05) is 12.1 Å². The molecule has 0 aliphatic carbocycles. The van der Waals surface area contributed by atoms with Crippen molar-refractivity contribution in [3.63, 3.8) is 0 Å². The number of unbranched alkanes of at least 4 members (excludes halogenated alkanes) is 1. The van der Waals surface area contributed by atoms with E-state index in [1.807, 2.05) is 0 Å². The summed E-state index contributed by atoms with van der Waals surface area (Å²) in [4.78, 5) is 72.3. The predicted octanol–water partition coefficient (Wildman–Crippen LogP) is -1.34. The molecule has 0 saturated heterocycles. The number of carboxylic acid groups (broad SMARTS) is 3. The first-order valence-electron chi connectivity index (χ1n) is 12.6. The minimum absolute atomic E-state index is 0.0188. The van der Waals surface area contributed by atoms with E-state index >= 15 is 0 Å². The Bertz CT molecular complexity index is 1030. The fraction of sp³-hybridized carbons (Fsp3) is 0.520. The number of carbonyl (C=O) groups is 6. The standard InChI is InChI=1S/C25H37N5O10/c26-12-2-1-3-17(23(37)30-19(25(39)40)13-14-4-6-15(31)7-5-14)29-24(38)18(9-11-21(34)35)28-22(36)16(27)8-10-20(32)33/h4-7,16-19,31H,1-3,8-13,26-27H2,(H,28,36)(H,29,38)(H,30,37)(H,32,33)(H,34,35)(H,39,40). The predicted molar refractivity (Wildman–Crippen MR) is 140 cm³/mol. The molecule has 15 nitrogen and oxygen atoms in total. The number of carbonyl (C=O) groups excluding carboxylic acids is 3. The van der Waals surface area contributed by atoms with Crippen molar-refractivity contribution >= 4 is 35.6 Å². The number of hydrogen-bond donors (Lipinski definition) is 9. The maximum Gasteiger partial charge on any atom is 0.326 e. The summed E-state index contributed by atoms with van der Waals surface area (Å²) in [5.41, 5.74) is 11.7. The lowest BCUT2D eigenvalue weighted by Crippen LogP contribution is -2.57. The van der Waals surface area contributed by atoms with Gasteiger partial charge in [-0.3, -0.25) is 24.0 Å². The van der Waals surface area contributed by atoms with Gasteiger partial charge < -0.3 is 47.8 Å². The van der Waals surface area contributed by atoms with Crippen LogP contribution in [0.15, 0.2) is 24.3 Å². The second-order valence-corrected chi connectivity index (χ2v) is 9.15. The van der Waals surface area contributed by atoms with E-state index in [4.69, 9.17) is 21.7 Å². The van der Waals surface area contributed by atoms with Crippen LogP contribution in [0.3, 0.4) is 0 Å². The van der Waals surface area contributed by atoms with Gasteiger partial charge in [-0.2, -0.15) is 0 Å². The largest absolute Gasteiger partial charge is 0.508 e. The SMILES string of the molecule is NCCCCC(NC(=O)C(CCC(=O)O)NC(=O)C(N)CCC(=O)O)C(=O)NC(Cc1ccc(O)cc1)C(=O)O. The van der Waals surface area contributed by atoms with E-state index in [0.29, 0.717) is 24.9 Å². The average Bonchev–Trinajstić information content (AvgIpc) is 2.89. The number of aromatic hydroxyl groups is 1. The average molecular weight is 568 g/mol. The van der Waals surface area contributed by atoms with E-state index in [1.165, 1.54) is 24.3 Å². The van der Waals surface area contributed by atoms with Crippen LogP contribution in [0.1, 0.15) is 50.5 Å². The van der Waals surface area contributed by atoms with Crippen LogP contribution < -0.4 is 27.4 Å². The molecule has 0 fully saturated rings. The highest BCUT2D eigenvalue weighted by Gasteiger charge is 2.30. The summed E-state index contributed by atoms with van der Waals surface area (Å²) in [5.74, 6) is -6.39. The van der Waals surface area contributed by atoms with Gasteiger partial charge in [0.15, 0.2) is 0 Å². The third-order valence-electron chi connectivity index (χ3n) is 5.86. The molecule has 11 N–H and O–H groups in total. The van der Waals surface area contributed by atoms with Gasteiger partial charge in [0, 0.05) is 19.3 Å². The van der Waals surface area contributed by atoms with Crippen LogP contribution in [0, 0.1) is 0 Å². The number of benzene rings is 1. The number of nitrogens with two attached hydrogens (primary N) is 2. The minimum Gasteiger partial charge on any atom is -0.508 e. The lowest BCUT2D eigenvalue weighted by molar-refractivity contribution is -0.142. The van der Waals surface area contributed by atoms with E-state index < -0.39 is 72.6 Å². The molecular formula is C25H37N5O10. The summed E-state index contributed by atoms with van der Waals surface area (Å²) in [5, 5.41) is 44.0. The quantitative estimate of drug-likeness (QED) is 0.0879.